The molecule has 7 heteroatoms. The lowest BCUT2D eigenvalue weighted by Gasteiger charge is -2.05. The third kappa shape index (κ3) is 4.36. The molecule has 146 valence electrons. The number of carbonyl (C=O) groups excluding carboxylic acids is 1. The summed E-state index contributed by atoms with van der Waals surface area (Å²) in [6.45, 7) is 1.93. The summed E-state index contributed by atoms with van der Waals surface area (Å²) in [7, 11) is 1.68. The fourth-order valence-corrected chi connectivity index (χ4v) is 4.76. The molecular weight excluding hydrogens is 402 g/mol. The number of thiazole rings is 2. The molecule has 5 nitrogen and oxygen atoms in total. The molecule has 0 saturated heterocycles. The van der Waals surface area contributed by atoms with E-state index in [0.29, 0.717) is 17.1 Å². The Hall–Kier alpha value is -3.03. The van der Waals surface area contributed by atoms with Crippen molar-refractivity contribution < 1.29 is 9.53 Å². The number of benzene rings is 2. The molecule has 0 fully saturated rings. The maximum Gasteiger partial charge on any atom is 0.257 e. The van der Waals surface area contributed by atoms with E-state index in [-0.39, 0.29) is 5.91 Å². The smallest absolute Gasteiger partial charge is 0.257 e. The minimum Gasteiger partial charge on any atom is -0.496 e. The lowest BCUT2D eigenvalue weighted by atomic mass is 10.1. The molecule has 1 amide bonds. The number of ether oxygens (including phenoxy) is 1. The van der Waals surface area contributed by atoms with Gasteiger partial charge in [-0.15, -0.1) is 11.3 Å². The van der Waals surface area contributed by atoms with Crippen molar-refractivity contribution in [1.29, 1.82) is 0 Å². The summed E-state index contributed by atoms with van der Waals surface area (Å²) in [5.41, 5.74) is 3.45. The van der Waals surface area contributed by atoms with Crippen molar-refractivity contribution in [3.05, 3.63) is 81.8 Å². The Kier molecular flexibility index (Phi) is 5.69. The van der Waals surface area contributed by atoms with Crippen LogP contribution in [-0.4, -0.2) is 23.0 Å². The summed E-state index contributed by atoms with van der Waals surface area (Å²) in [6.07, 6.45) is 0.712. The van der Waals surface area contributed by atoms with Crippen LogP contribution in [-0.2, 0) is 6.42 Å². The van der Waals surface area contributed by atoms with Crippen molar-refractivity contribution >= 4 is 33.7 Å². The number of carbonyl (C=O) groups is 1. The Labute approximate surface area is 177 Å². The number of nitrogens with zero attached hydrogens (tertiary/aromatic N) is 2. The number of hydrogen-bond acceptors (Lipinski definition) is 6. The van der Waals surface area contributed by atoms with Gasteiger partial charge in [0.2, 0.25) is 0 Å². The van der Waals surface area contributed by atoms with Gasteiger partial charge in [-0.2, -0.15) is 0 Å². The average Bonchev–Trinajstić information content (AvgIpc) is 3.35. The highest BCUT2D eigenvalue weighted by Crippen LogP contribution is 2.34. The molecule has 29 heavy (non-hydrogen) atoms. The molecule has 0 spiro atoms. The molecule has 1 N–H and O–H groups in total. The van der Waals surface area contributed by atoms with E-state index in [1.54, 1.807) is 30.6 Å². The van der Waals surface area contributed by atoms with E-state index in [1.165, 1.54) is 11.3 Å². The highest BCUT2D eigenvalue weighted by molar-refractivity contribution is 7.19. The van der Waals surface area contributed by atoms with Crippen LogP contribution in [0.4, 0.5) is 5.13 Å². The summed E-state index contributed by atoms with van der Waals surface area (Å²) in [4.78, 5) is 22.6. The minimum atomic E-state index is -0.166. The van der Waals surface area contributed by atoms with E-state index in [0.717, 1.165) is 32.6 Å². The van der Waals surface area contributed by atoms with Crippen molar-refractivity contribution in [2.75, 3.05) is 12.4 Å². The largest absolute Gasteiger partial charge is 0.496 e. The first kappa shape index (κ1) is 19.3. The summed E-state index contributed by atoms with van der Waals surface area (Å²) in [5, 5.41) is 6.50. The van der Waals surface area contributed by atoms with Crippen LogP contribution >= 0.6 is 22.7 Å². The van der Waals surface area contributed by atoms with Gasteiger partial charge in [-0.1, -0.05) is 47.7 Å². The van der Waals surface area contributed by atoms with Crippen LogP contribution in [0.2, 0.25) is 0 Å². The average molecular weight is 422 g/mol. The number of methoxy groups -OCH3 is 1. The molecule has 0 radical (unpaired) electrons. The molecule has 0 aliphatic heterocycles. The van der Waals surface area contributed by atoms with Crippen molar-refractivity contribution in [3.63, 3.8) is 0 Å². The van der Waals surface area contributed by atoms with Gasteiger partial charge in [-0.25, -0.2) is 9.97 Å². The van der Waals surface area contributed by atoms with Gasteiger partial charge in [0.15, 0.2) is 5.13 Å². The fraction of sp³-hybridized carbons (Fsp3) is 0.136. The molecule has 4 aromatic rings. The number of para-hydroxylation sites is 1. The van der Waals surface area contributed by atoms with Gasteiger partial charge in [0.25, 0.3) is 5.91 Å². The van der Waals surface area contributed by atoms with Crippen molar-refractivity contribution in [2.24, 2.45) is 0 Å². The zero-order chi connectivity index (χ0) is 20.2. The number of aryl methyl sites for hydroxylation is 1. The maximum atomic E-state index is 12.4. The van der Waals surface area contributed by atoms with E-state index in [4.69, 9.17) is 9.72 Å². The number of nitrogens with one attached hydrogen (secondary N) is 1. The molecule has 2 heterocycles. The Morgan fingerprint density at radius 2 is 1.83 bits per heavy atom. The first-order valence-electron chi connectivity index (χ1n) is 9.04. The molecule has 0 unspecified atom stereocenters. The number of amides is 1. The van der Waals surface area contributed by atoms with Crippen molar-refractivity contribution in [3.8, 4) is 16.3 Å². The predicted octanol–water partition coefficient (Wildman–Crippen LogP) is 5.43. The highest BCUT2D eigenvalue weighted by atomic mass is 32.1. The Balaban J connectivity index is 1.52. The number of aromatic nitrogens is 2. The maximum absolute atomic E-state index is 12.4. The monoisotopic (exact) mass is 421 g/mol. The molecule has 4 rings (SSSR count). The van der Waals surface area contributed by atoms with Gasteiger partial charge in [0, 0.05) is 22.9 Å². The first-order chi connectivity index (χ1) is 14.1. The van der Waals surface area contributed by atoms with Gasteiger partial charge < -0.3 is 4.74 Å². The van der Waals surface area contributed by atoms with E-state index in [1.807, 2.05) is 48.7 Å². The second-order valence-electron chi connectivity index (χ2n) is 6.37. The Bertz CT molecular complexity index is 1140. The zero-order valence-corrected chi connectivity index (χ0v) is 17.6. The van der Waals surface area contributed by atoms with Crippen LogP contribution in [0.5, 0.6) is 5.75 Å². The lowest BCUT2D eigenvalue weighted by Crippen LogP contribution is -2.11. The van der Waals surface area contributed by atoms with Gasteiger partial charge in [-0.05, 0) is 25.1 Å². The van der Waals surface area contributed by atoms with Crippen LogP contribution in [0.15, 0.2) is 60.0 Å². The van der Waals surface area contributed by atoms with Gasteiger partial charge in [0.1, 0.15) is 5.75 Å². The minimum absolute atomic E-state index is 0.166. The quantitative estimate of drug-likeness (QED) is 0.451. The third-order valence-electron chi connectivity index (χ3n) is 4.37. The van der Waals surface area contributed by atoms with Crippen LogP contribution in [0.3, 0.4) is 0 Å². The fourth-order valence-electron chi connectivity index (χ4n) is 2.95. The standard InChI is InChI=1S/C22H19N3O2S2/c1-14-20(29-22(23-14)25-21(26)15-8-4-3-5-9-15)17-13-28-19(24-17)12-16-10-6-7-11-18(16)27-2/h3-11,13H,12H2,1-2H3,(H,23,25,26). The molecule has 2 aromatic carbocycles. The van der Waals surface area contributed by atoms with Crippen LogP contribution in [0.1, 0.15) is 26.6 Å². The predicted molar refractivity (Wildman–Crippen MR) is 118 cm³/mol. The SMILES string of the molecule is COc1ccccc1Cc1nc(-c2sc(NC(=O)c3ccccc3)nc2C)cs1. The first-order valence-corrected chi connectivity index (χ1v) is 10.7. The second-order valence-corrected chi connectivity index (χ2v) is 8.31. The molecule has 2 aromatic heterocycles. The molecule has 0 bridgehead atoms. The van der Waals surface area contributed by atoms with Gasteiger partial charge in [-0.3, -0.25) is 10.1 Å². The van der Waals surface area contributed by atoms with E-state index in [9.17, 15) is 4.79 Å². The summed E-state index contributed by atoms with van der Waals surface area (Å²) in [5.74, 6) is 0.699. The molecule has 0 aliphatic carbocycles. The molecule has 0 atom stereocenters. The van der Waals surface area contributed by atoms with E-state index in [2.05, 4.69) is 16.4 Å². The van der Waals surface area contributed by atoms with Crippen LogP contribution in [0.25, 0.3) is 10.6 Å². The summed E-state index contributed by atoms with van der Waals surface area (Å²) < 4.78 is 5.43. The van der Waals surface area contributed by atoms with E-state index >= 15 is 0 Å². The zero-order valence-electron chi connectivity index (χ0n) is 16.0. The lowest BCUT2D eigenvalue weighted by molar-refractivity contribution is 0.102. The van der Waals surface area contributed by atoms with Crippen LogP contribution < -0.4 is 10.1 Å². The second kappa shape index (κ2) is 8.55. The third-order valence-corrected chi connectivity index (χ3v) is 6.32. The highest BCUT2D eigenvalue weighted by Gasteiger charge is 2.16. The van der Waals surface area contributed by atoms with Gasteiger partial charge in [0.05, 0.1) is 28.4 Å². The Morgan fingerprint density at radius 1 is 1.07 bits per heavy atom. The number of rotatable bonds is 6. The number of hydrogen-bond donors (Lipinski definition) is 1. The Morgan fingerprint density at radius 3 is 2.62 bits per heavy atom. The van der Waals surface area contributed by atoms with Crippen LogP contribution in [0, 0.1) is 6.92 Å². The molecular formula is C22H19N3O2S2. The molecule has 0 aliphatic rings. The topological polar surface area (TPSA) is 64.1 Å². The normalized spacial score (nSPS) is 10.7. The van der Waals surface area contributed by atoms with Crippen molar-refractivity contribution in [1.82, 2.24) is 9.97 Å². The van der Waals surface area contributed by atoms with Gasteiger partial charge >= 0.3 is 0 Å². The van der Waals surface area contributed by atoms with Crippen molar-refractivity contribution in [2.45, 2.75) is 13.3 Å². The number of anilines is 1. The molecule has 0 saturated carbocycles. The summed E-state index contributed by atoms with van der Waals surface area (Å²) in [6, 6.07) is 17.1. The van der Waals surface area contributed by atoms with E-state index < -0.39 is 0 Å². The summed E-state index contributed by atoms with van der Waals surface area (Å²) >= 11 is 3.05.